The number of primary amides is 1. The Balaban J connectivity index is 1.84. The van der Waals surface area contributed by atoms with Gasteiger partial charge in [-0.05, 0) is 6.07 Å². The van der Waals surface area contributed by atoms with E-state index in [1.54, 1.807) is 12.4 Å². The third-order valence-corrected chi connectivity index (χ3v) is 5.60. The monoisotopic (exact) mass is 478 g/mol. The second kappa shape index (κ2) is 10.2. The van der Waals surface area contributed by atoms with E-state index in [1.165, 1.54) is 6.20 Å². The Labute approximate surface area is 189 Å². The van der Waals surface area contributed by atoms with Gasteiger partial charge in [0, 0.05) is 18.0 Å². The number of benzene rings is 1. The Kier molecular flexibility index (Phi) is 7.36. The summed E-state index contributed by atoms with van der Waals surface area (Å²) in [6, 6.07) is 11.5. The molecule has 0 spiro atoms. The van der Waals surface area contributed by atoms with Gasteiger partial charge < -0.3 is 0 Å². The summed E-state index contributed by atoms with van der Waals surface area (Å²) in [4.78, 5) is 36.2. The Morgan fingerprint density at radius 3 is 2.58 bits per heavy atom. The van der Waals surface area contributed by atoms with Gasteiger partial charge >= 0.3 is 148 Å². The molecular weight excluding hydrogens is 455 g/mol. The first-order chi connectivity index (χ1) is 14.8. The van der Waals surface area contributed by atoms with Gasteiger partial charge in [-0.3, -0.25) is 4.98 Å². The molecule has 1 aromatic carbocycles. The van der Waals surface area contributed by atoms with Crippen LogP contribution in [0.4, 0.5) is 17.5 Å². The quantitative estimate of drug-likeness (QED) is 0.404. The molecule has 158 valence electrons. The van der Waals surface area contributed by atoms with Gasteiger partial charge in [-0.25, -0.2) is 0 Å². The van der Waals surface area contributed by atoms with E-state index in [1.807, 2.05) is 67.1 Å². The molecule has 3 rings (SSSR count). The second-order valence-corrected chi connectivity index (χ2v) is 8.21. The van der Waals surface area contributed by atoms with Crippen molar-refractivity contribution in [1.29, 1.82) is 0 Å². The molecule has 1 amide bonds. The number of aromatic nitrogens is 3. The predicted molar refractivity (Wildman–Crippen MR) is 121 cm³/mol. The van der Waals surface area contributed by atoms with E-state index in [2.05, 4.69) is 25.6 Å². The first kappa shape index (κ1) is 22.4. The zero-order chi connectivity index (χ0) is 22.4. The number of rotatable bonds is 9. The van der Waals surface area contributed by atoms with E-state index < -0.39 is 5.91 Å². The van der Waals surface area contributed by atoms with Crippen LogP contribution in [0.15, 0.2) is 55.0 Å². The molecule has 3 aromatic rings. The summed E-state index contributed by atoms with van der Waals surface area (Å²) in [5.74, 6) is -0.0841. The zero-order valence-electron chi connectivity index (χ0n) is 17.2. The minimum atomic E-state index is -0.631. The Hall–Kier alpha value is -3.25. The molecular formula is C22H23AsN6O2. The molecule has 9 heteroatoms. The predicted octanol–water partition coefficient (Wildman–Crippen LogP) is 2.90. The summed E-state index contributed by atoms with van der Waals surface area (Å²) in [5, 5.41) is 6.34. The number of carbonyl (C=O) groups is 2. The maximum absolute atomic E-state index is 11.9. The summed E-state index contributed by atoms with van der Waals surface area (Å²) >= 11 is 2.05. The third kappa shape index (κ3) is 6.12. The number of nitrogens with zero attached hydrogens (tertiary/aromatic N) is 3. The molecule has 0 aliphatic rings. The van der Waals surface area contributed by atoms with Crippen LogP contribution < -0.4 is 16.4 Å². The molecule has 0 fully saturated rings. The topological polar surface area (TPSA) is 123 Å². The van der Waals surface area contributed by atoms with E-state index in [-0.39, 0.29) is 22.1 Å². The standard InChI is InChI=1S/C22H23AsN6O2/c1-13(19(23)30)9-14(2)27-22-26-12-18(20(24)31)21(29-22)28-17-7-3-5-15(10-17)16-6-4-8-25-11-16/h3-8,10-14H,9H2,1-2H3,(H2,24,31)(H2,26,27,28,29). The summed E-state index contributed by atoms with van der Waals surface area (Å²) < 4.78 is 0.0713. The number of anilines is 3. The van der Waals surface area contributed by atoms with Crippen LogP contribution in [0.5, 0.6) is 0 Å². The fourth-order valence-corrected chi connectivity index (χ4v) is 3.31. The van der Waals surface area contributed by atoms with Crippen LogP contribution in [-0.4, -0.2) is 48.3 Å². The van der Waals surface area contributed by atoms with Gasteiger partial charge in [-0.1, -0.05) is 12.1 Å². The van der Waals surface area contributed by atoms with E-state index in [0.29, 0.717) is 18.2 Å². The summed E-state index contributed by atoms with van der Waals surface area (Å²) in [6.07, 6.45) is 5.52. The maximum atomic E-state index is 11.9. The molecule has 0 aliphatic heterocycles. The number of nitrogens with one attached hydrogen (secondary N) is 2. The molecule has 2 heterocycles. The fourth-order valence-electron chi connectivity index (χ4n) is 3.08. The van der Waals surface area contributed by atoms with Crippen molar-refractivity contribution in [2.24, 2.45) is 11.7 Å². The SMILES string of the molecule is CC(CC(C)C(=O)[As])Nc1ncc(C(N)=O)c(Nc2cccc(-c3cccnc3)c2)n1. The molecule has 8 nitrogen and oxygen atoms in total. The number of amides is 1. The Morgan fingerprint density at radius 2 is 1.90 bits per heavy atom. The van der Waals surface area contributed by atoms with Crippen molar-refractivity contribution < 1.29 is 9.59 Å². The van der Waals surface area contributed by atoms with Crippen molar-refractivity contribution in [3.8, 4) is 11.1 Å². The van der Waals surface area contributed by atoms with Crippen molar-refractivity contribution in [3.05, 3.63) is 60.6 Å². The van der Waals surface area contributed by atoms with Crippen LogP contribution in [-0.2, 0) is 4.79 Å². The van der Waals surface area contributed by atoms with E-state index >= 15 is 0 Å². The summed E-state index contributed by atoms with van der Waals surface area (Å²) in [5.41, 5.74) is 8.37. The van der Waals surface area contributed by atoms with E-state index in [9.17, 15) is 9.59 Å². The van der Waals surface area contributed by atoms with Crippen molar-refractivity contribution in [1.82, 2.24) is 15.0 Å². The molecule has 31 heavy (non-hydrogen) atoms. The van der Waals surface area contributed by atoms with Gasteiger partial charge in [-0.15, -0.1) is 0 Å². The zero-order valence-corrected chi connectivity index (χ0v) is 19.1. The molecule has 0 bridgehead atoms. The molecule has 2 unspecified atom stereocenters. The molecule has 2 aromatic heterocycles. The normalized spacial score (nSPS) is 12.6. The Bertz CT molecular complexity index is 1080. The first-order valence-corrected chi connectivity index (χ1v) is 10.7. The molecule has 2 radical (unpaired) electrons. The number of hydrogen-bond acceptors (Lipinski definition) is 7. The first-order valence-electron chi connectivity index (χ1n) is 9.77. The van der Waals surface area contributed by atoms with Gasteiger partial charge in [-0.2, -0.15) is 0 Å². The van der Waals surface area contributed by atoms with Crippen LogP contribution in [0.3, 0.4) is 0 Å². The molecule has 2 atom stereocenters. The van der Waals surface area contributed by atoms with Crippen LogP contribution in [0.1, 0.15) is 30.6 Å². The molecule has 0 saturated carbocycles. The van der Waals surface area contributed by atoms with Gasteiger partial charge in [0.1, 0.15) is 0 Å². The average molecular weight is 478 g/mol. The number of nitrogens with two attached hydrogens (primary N) is 1. The summed E-state index contributed by atoms with van der Waals surface area (Å²) in [6.45, 7) is 3.82. The fraction of sp³-hybridized carbons (Fsp3) is 0.227. The van der Waals surface area contributed by atoms with Crippen LogP contribution in [0.2, 0.25) is 0 Å². The van der Waals surface area contributed by atoms with Crippen LogP contribution in [0, 0.1) is 5.92 Å². The van der Waals surface area contributed by atoms with Crippen LogP contribution >= 0.6 is 0 Å². The molecule has 0 saturated heterocycles. The van der Waals surface area contributed by atoms with E-state index in [4.69, 9.17) is 5.73 Å². The van der Waals surface area contributed by atoms with Gasteiger partial charge in [0.25, 0.3) is 0 Å². The van der Waals surface area contributed by atoms with Crippen molar-refractivity contribution in [3.63, 3.8) is 0 Å². The summed E-state index contributed by atoms with van der Waals surface area (Å²) in [7, 11) is 0. The third-order valence-electron chi connectivity index (χ3n) is 4.68. The minimum absolute atomic E-state index is 0.0377. The average Bonchev–Trinajstić information content (AvgIpc) is 2.74. The second-order valence-electron chi connectivity index (χ2n) is 7.29. The number of carbonyl (C=O) groups excluding carboxylic acids is 2. The molecule has 4 N–H and O–H groups in total. The Morgan fingerprint density at radius 1 is 1.13 bits per heavy atom. The number of pyridine rings is 1. The number of hydrogen-bond donors (Lipinski definition) is 3. The van der Waals surface area contributed by atoms with E-state index in [0.717, 1.165) is 16.8 Å². The van der Waals surface area contributed by atoms with Crippen molar-refractivity contribution in [2.45, 2.75) is 26.3 Å². The van der Waals surface area contributed by atoms with Gasteiger partial charge in [0.15, 0.2) is 0 Å². The van der Waals surface area contributed by atoms with Crippen molar-refractivity contribution >= 4 is 44.8 Å². The van der Waals surface area contributed by atoms with Crippen LogP contribution in [0.25, 0.3) is 11.1 Å². The molecule has 0 aliphatic carbocycles. The van der Waals surface area contributed by atoms with Gasteiger partial charge in [0.2, 0.25) is 0 Å². The van der Waals surface area contributed by atoms with Gasteiger partial charge in [0.05, 0.1) is 0 Å². The van der Waals surface area contributed by atoms with Crippen molar-refractivity contribution in [2.75, 3.05) is 10.6 Å².